The molecule has 1 heterocycles. The first kappa shape index (κ1) is 23.7. The van der Waals surface area contributed by atoms with Gasteiger partial charge in [-0.1, -0.05) is 20.8 Å². The minimum absolute atomic E-state index is 0.0709. The number of nitriles is 1. The molecule has 2 rings (SSSR count). The quantitative estimate of drug-likeness (QED) is 0.661. The molecule has 1 aromatic carbocycles. The largest absolute Gasteiger partial charge is 0.372 e. The Morgan fingerprint density at radius 1 is 1.19 bits per heavy atom. The maximum Gasteiger partial charge on any atom is 0.245 e. The monoisotopic (exact) mass is 423 g/mol. The zero-order valence-corrected chi connectivity index (χ0v) is 19.1. The molecule has 9 heteroatoms. The average Bonchev–Trinajstić information content (AvgIpc) is 3.07. The standard InChI is InChI=1S/C22H29N7O2/c1-8-28(9-2)16-10-11-18(19(12-16)24-14(3)30)25-26-21-17(13-23)20(22(5,6)7)27-29(21)15(4)31/h10-12H,8-9H2,1-7H3,(H,24,30)/b26-25+. The fraction of sp³-hybridized carbons (Fsp3) is 0.455. The van der Waals surface area contributed by atoms with Crippen molar-refractivity contribution in [3.63, 3.8) is 0 Å². The number of carbonyl (C=O) groups excluding carboxylic acids is 2. The van der Waals surface area contributed by atoms with E-state index >= 15 is 0 Å². The molecule has 164 valence electrons. The Kier molecular flexibility index (Phi) is 7.28. The Labute approximate surface area is 182 Å². The zero-order valence-electron chi connectivity index (χ0n) is 19.1. The van der Waals surface area contributed by atoms with Crippen LogP contribution in [0.4, 0.5) is 22.9 Å². The van der Waals surface area contributed by atoms with E-state index in [2.05, 4.69) is 31.6 Å². The van der Waals surface area contributed by atoms with Gasteiger partial charge in [0.2, 0.25) is 11.8 Å². The van der Waals surface area contributed by atoms with E-state index in [1.165, 1.54) is 13.8 Å². The lowest BCUT2D eigenvalue weighted by molar-refractivity contribution is -0.114. The maximum absolute atomic E-state index is 12.1. The summed E-state index contributed by atoms with van der Waals surface area (Å²) in [6, 6.07) is 7.57. The van der Waals surface area contributed by atoms with Crippen LogP contribution in [0.25, 0.3) is 0 Å². The van der Waals surface area contributed by atoms with Crippen LogP contribution in [0.1, 0.15) is 64.5 Å². The maximum atomic E-state index is 12.1. The predicted octanol–water partition coefficient (Wildman–Crippen LogP) is 4.93. The highest BCUT2D eigenvalue weighted by Gasteiger charge is 2.28. The van der Waals surface area contributed by atoms with Crippen LogP contribution < -0.4 is 10.2 Å². The number of hydrogen-bond acceptors (Lipinski definition) is 7. The number of nitrogens with one attached hydrogen (secondary N) is 1. The second-order valence-electron chi connectivity index (χ2n) is 8.09. The van der Waals surface area contributed by atoms with E-state index in [1.54, 1.807) is 6.07 Å². The molecule has 0 radical (unpaired) electrons. The fourth-order valence-corrected chi connectivity index (χ4v) is 3.14. The molecule has 0 saturated carbocycles. The van der Waals surface area contributed by atoms with Crippen LogP contribution in [0.3, 0.4) is 0 Å². The Morgan fingerprint density at radius 3 is 2.32 bits per heavy atom. The van der Waals surface area contributed by atoms with E-state index in [0.717, 1.165) is 23.5 Å². The zero-order chi connectivity index (χ0) is 23.3. The minimum atomic E-state index is -0.456. The van der Waals surface area contributed by atoms with Crippen LogP contribution in [0.15, 0.2) is 28.4 Å². The normalized spacial score (nSPS) is 11.4. The Bertz CT molecular complexity index is 1050. The molecule has 0 unspecified atom stereocenters. The third kappa shape index (κ3) is 5.34. The van der Waals surface area contributed by atoms with Crippen LogP contribution in [0, 0.1) is 11.3 Å². The third-order valence-corrected chi connectivity index (χ3v) is 4.65. The predicted molar refractivity (Wildman–Crippen MR) is 120 cm³/mol. The summed E-state index contributed by atoms with van der Waals surface area (Å²) in [7, 11) is 0. The molecule has 0 fully saturated rings. The van der Waals surface area contributed by atoms with Crippen molar-refractivity contribution < 1.29 is 9.59 Å². The molecular formula is C22H29N7O2. The van der Waals surface area contributed by atoms with E-state index in [4.69, 9.17) is 0 Å². The number of benzene rings is 1. The Hall–Kier alpha value is -3.54. The number of rotatable bonds is 6. The van der Waals surface area contributed by atoms with Gasteiger partial charge < -0.3 is 10.2 Å². The Balaban J connectivity index is 2.61. The van der Waals surface area contributed by atoms with Crippen molar-refractivity contribution in [3.05, 3.63) is 29.5 Å². The first-order chi connectivity index (χ1) is 14.5. The van der Waals surface area contributed by atoms with Gasteiger partial charge in [-0.25, -0.2) is 0 Å². The van der Waals surface area contributed by atoms with Crippen molar-refractivity contribution >= 4 is 34.7 Å². The third-order valence-electron chi connectivity index (χ3n) is 4.65. The van der Waals surface area contributed by atoms with Crippen LogP contribution >= 0.6 is 0 Å². The molecule has 1 aromatic heterocycles. The highest BCUT2D eigenvalue weighted by atomic mass is 16.2. The van der Waals surface area contributed by atoms with Crippen LogP contribution in [-0.2, 0) is 10.2 Å². The van der Waals surface area contributed by atoms with E-state index in [-0.39, 0.29) is 23.2 Å². The second kappa shape index (κ2) is 9.51. The van der Waals surface area contributed by atoms with Gasteiger partial charge >= 0.3 is 0 Å². The lowest BCUT2D eigenvalue weighted by Crippen LogP contribution is -2.21. The first-order valence-corrected chi connectivity index (χ1v) is 10.2. The topological polar surface area (TPSA) is 116 Å². The van der Waals surface area contributed by atoms with Crippen molar-refractivity contribution in [2.45, 2.75) is 53.9 Å². The van der Waals surface area contributed by atoms with Gasteiger partial charge in [0.05, 0.1) is 11.4 Å². The molecule has 9 nitrogen and oxygen atoms in total. The summed E-state index contributed by atoms with van der Waals surface area (Å²) in [6.45, 7) is 14.2. The number of azo groups is 1. The molecule has 0 saturated heterocycles. The van der Waals surface area contributed by atoms with E-state index in [9.17, 15) is 14.9 Å². The molecule has 0 spiro atoms. The number of nitrogens with zero attached hydrogens (tertiary/aromatic N) is 6. The molecule has 0 bridgehead atoms. The van der Waals surface area contributed by atoms with Crippen molar-refractivity contribution in [2.75, 3.05) is 23.3 Å². The number of anilines is 2. The number of hydrogen-bond donors (Lipinski definition) is 1. The summed E-state index contributed by atoms with van der Waals surface area (Å²) in [5.74, 6) is -0.545. The summed E-state index contributed by atoms with van der Waals surface area (Å²) in [4.78, 5) is 26.0. The molecule has 0 aliphatic rings. The lowest BCUT2D eigenvalue weighted by Gasteiger charge is -2.22. The van der Waals surface area contributed by atoms with Crippen molar-refractivity contribution in [1.29, 1.82) is 5.26 Å². The minimum Gasteiger partial charge on any atom is -0.372 e. The Morgan fingerprint density at radius 2 is 1.84 bits per heavy atom. The van der Waals surface area contributed by atoms with Crippen LogP contribution in [0.5, 0.6) is 0 Å². The van der Waals surface area contributed by atoms with Gasteiger partial charge in [-0.3, -0.25) is 9.59 Å². The summed E-state index contributed by atoms with van der Waals surface area (Å²) < 4.78 is 1.09. The van der Waals surface area contributed by atoms with Crippen molar-refractivity contribution in [1.82, 2.24) is 9.78 Å². The van der Waals surface area contributed by atoms with Gasteiger partial charge in [-0.2, -0.15) is 15.0 Å². The molecular weight excluding hydrogens is 394 g/mol. The number of aromatic nitrogens is 2. The van der Waals surface area contributed by atoms with Gasteiger partial charge in [-0.15, -0.1) is 10.2 Å². The summed E-state index contributed by atoms with van der Waals surface area (Å²) >= 11 is 0. The van der Waals surface area contributed by atoms with Gasteiger partial charge in [-0.05, 0) is 32.0 Å². The molecule has 0 atom stereocenters. The van der Waals surface area contributed by atoms with E-state index in [1.807, 2.05) is 46.8 Å². The fourth-order valence-electron chi connectivity index (χ4n) is 3.14. The molecule has 1 N–H and O–H groups in total. The molecule has 0 aliphatic heterocycles. The van der Waals surface area contributed by atoms with Crippen molar-refractivity contribution in [3.8, 4) is 6.07 Å². The summed E-state index contributed by atoms with van der Waals surface area (Å²) in [5.41, 5.74) is 2.05. The van der Waals surface area contributed by atoms with E-state index < -0.39 is 5.41 Å². The first-order valence-electron chi connectivity index (χ1n) is 10.2. The van der Waals surface area contributed by atoms with E-state index in [0.29, 0.717) is 17.1 Å². The SMILES string of the molecule is CCN(CC)c1ccc(/N=N/c2c(C#N)c(C(C)(C)C)nn2C(C)=O)c(NC(C)=O)c1. The highest BCUT2D eigenvalue weighted by Crippen LogP contribution is 2.35. The molecule has 31 heavy (non-hydrogen) atoms. The summed E-state index contributed by atoms with van der Waals surface area (Å²) in [5, 5.41) is 25.2. The van der Waals surface area contributed by atoms with Gasteiger partial charge in [0.25, 0.3) is 0 Å². The highest BCUT2D eigenvalue weighted by molar-refractivity contribution is 5.93. The molecule has 2 aromatic rings. The lowest BCUT2D eigenvalue weighted by atomic mass is 9.90. The average molecular weight is 424 g/mol. The summed E-state index contributed by atoms with van der Waals surface area (Å²) in [6.07, 6.45) is 0. The second-order valence-corrected chi connectivity index (χ2v) is 8.09. The van der Waals surface area contributed by atoms with Gasteiger partial charge in [0.15, 0.2) is 5.82 Å². The number of carbonyl (C=O) groups is 2. The smallest absolute Gasteiger partial charge is 0.245 e. The van der Waals surface area contributed by atoms with Crippen LogP contribution in [0.2, 0.25) is 0 Å². The van der Waals surface area contributed by atoms with Gasteiger partial charge in [0, 0.05) is 38.0 Å². The molecule has 0 aliphatic carbocycles. The van der Waals surface area contributed by atoms with Gasteiger partial charge in [0.1, 0.15) is 17.3 Å². The van der Waals surface area contributed by atoms with Crippen molar-refractivity contribution in [2.24, 2.45) is 10.2 Å². The number of amides is 1. The molecule has 1 amide bonds. The van der Waals surface area contributed by atoms with Crippen LogP contribution in [-0.4, -0.2) is 34.7 Å².